The highest BCUT2D eigenvalue weighted by molar-refractivity contribution is 7.89. The number of hydrogen-bond acceptors (Lipinski definition) is 7. The van der Waals surface area contributed by atoms with Crippen molar-refractivity contribution in [3.8, 4) is 17.5 Å². The van der Waals surface area contributed by atoms with E-state index in [1.165, 1.54) is 9.88 Å². The molecule has 1 saturated heterocycles. The van der Waals surface area contributed by atoms with Crippen LogP contribution < -0.4 is 0 Å². The molecule has 4 aliphatic rings. The summed E-state index contributed by atoms with van der Waals surface area (Å²) in [6.07, 6.45) is 6.81. The van der Waals surface area contributed by atoms with E-state index in [9.17, 15) is 13.7 Å². The van der Waals surface area contributed by atoms with Crippen LogP contribution >= 0.6 is 0 Å². The van der Waals surface area contributed by atoms with Crippen LogP contribution in [0.5, 0.6) is 0 Å². The van der Waals surface area contributed by atoms with E-state index in [2.05, 4.69) is 22.1 Å². The van der Waals surface area contributed by atoms with Crippen molar-refractivity contribution >= 4 is 15.6 Å². The van der Waals surface area contributed by atoms with Gasteiger partial charge < -0.3 is 0 Å². The summed E-state index contributed by atoms with van der Waals surface area (Å²) in [6.45, 7) is 2.08. The van der Waals surface area contributed by atoms with E-state index in [4.69, 9.17) is 10.2 Å². The summed E-state index contributed by atoms with van der Waals surface area (Å²) >= 11 is 0. The lowest BCUT2D eigenvalue weighted by Gasteiger charge is -2.46. The Hall–Kier alpha value is -2.64. The Bertz CT molecular complexity index is 1240. The Morgan fingerprint density at radius 3 is 2.69 bits per heavy atom. The van der Waals surface area contributed by atoms with E-state index < -0.39 is 15.6 Å². The Labute approximate surface area is 168 Å². The van der Waals surface area contributed by atoms with Gasteiger partial charge in [0.25, 0.3) is 0 Å². The third-order valence-electron chi connectivity index (χ3n) is 6.78. The summed E-state index contributed by atoms with van der Waals surface area (Å²) in [6, 6.07) is 2.20. The van der Waals surface area contributed by atoms with Crippen LogP contribution in [0.2, 0.25) is 0 Å². The molecule has 0 atom stereocenters. The molecule has 0 bridgehead atoms. The van der Waals surface area contributed by atoms with Crippen LogP contribution in [0.15, 0.2) is 12.4 Å². The molecule has 0 N–H and O–H groups in total. The highest BCUT2D eigenvalue weighted by Crippen LogP contribution is 2.63. The van der Waals surface area contributed by atoms with Crippen molar-refractivity contribution in [3.63, 3.8) is 0 Å². The molecule has 2 aromatic heterocycles. The van der Waals surface area contributed by atoms with Gasteiger partial charge in [0.2, 0.25) is 10.0 Å². The largest absolute Gasteiger partial charge is 0.240 e. The fourth-order valence-electron chi connectivity index (χ4n) is 4.98. The minimum Gasteiger partial charge on any atom is -0.240 e. The van der Waals surface area contributed by atoms with E-state index in [1.807, 2.05) is 0 Å². The van der Waals surface area contributed by atoms with Crippen LogP contribution in [0.1, 0.15) is 43.1 Å². The second kappa shape index (κ2) is 5.29. The van der Waals surface area contributed by atoms with Gasteiger partial charge in [0.1, 0.15) is 28.9 Å². The van der Waals surface area contributed by atoms with Crippen LogP contribution in [-0.2, 0) is 27.4 Å². The molecule has 2 fully saturated rings. The van der Waals surface area contributed by atoms with Gasteiger partial charge in [-0.05, 0) is 25.3 Å². The monoisotopic (exact) mass is 409 g/mol. The minimum atomic E-state index is -3.30. The molecule has 2 aromatic rings. The Morgan fingerprint density at radius 1 is 1.21 bits per heavy atom. The van der Waals surface area contributed by atoms with Gasteiger partial charge in [0.05, 0.1) is 23.9 Å². The lowest BCUT2D eigenvalue weighted by molar-refractivity contribution is 0.0570. The third-order valence-corrected chi connectivity index (χ3v) is 8.56. The van der Waals surface area contributed by atoms with Crippen molar-refractivity contribution < 1.29 is 8.42 Å². The van der Waals surface area contributed by atoms with E-state index in [0.29, 0.717) is 0 Å². The fourth-order valence-corrected chi connectivity index (χ4v) is 6.22. The number of sulfonamides is 1. The summed E-state index contributed by atoms with van der Waals surface area (Å²) in [7, 11) is -3.30. The SMILES string of the molecule is CCS(=O)(=O)N1CC(CC#N)(n2nc3c(n2)C2(CC2)C2=CCc4ncnc-3c42)C1. The lowest BCUT2D eigenvalue weighted by Crippen LogP contribution is -2.64. The van der Waals surface area contributed by atoms with Gasteiger partial charge in [-0.1, -0.05) is 6.08 Å². The maximum Gasteiger partial charge on any atom is 0.213 e. The Kier molecular flexibility index (Phi) is 3.14. The molecular weight excluding hydrogens is 390 g/mol. The van der Waals surface area contributed by atoms with Crippen molar-refractivity contribution in [2.24, 2.45) is 0 Å². The topological polar surface area (TPSA) is 118 Å². The molecule has 9 nitrogen and oxygen atoms in total. The summed E-state index contributed by atoms with van der Waals surface area (Å²) < 4.78 is 25.9. The third kappa shape index (κ3) is 2.04. The van der Waals surface area contributed by atoms with Gasteiger partial charge in [0, 0.05) is 30.5 Å². The van der Waals surface area contributed by atoms with E-state index in [1.54, 1.807) is 18.0 Å². The zero-order valence-corrected chi connectivity index (χ0v) is 16.8. The van der Waals surface area contributed by atoms with Gasteiger partial charge in [0.15, 0.2) is 0 Å². The lowest BCUT2D eigenvalue weighted by atomic mass is 9.81. The smallest absolute Gasteiger partial charge is 0.213 e. The van der Waals surface area contributed by atoms with E-state index >= 15 is 0 Å². The van der Waals surface area contributed by atoms with Gasteiger partial charge in [-0.2, -0.15) is 24.6 Å². The number of fused-ring (bicyclic) bond motifs is 4. The molecule has 148 valence electrons. The van der Waals surface area contributed by atoms with Crippen LogP contribution in [0.3, 0.4) is 0 Å². The van der Waals surface area contributed by atoms with Crippen molar-refractivity contribution in [2.75, 3.05) is 18.8 Å². The molecule has 0 amide bonds. The van der Waals surface area contributed by atoms with Gasteiger partial charge in [-0.3, -0.25) is 0 Å². The first kappa shape index (κ1) is 17.2. The zero-order valence-electron chi connectivity index (χ0n) is 16.0. The average Bonchev–Trinajstić information content (AvgIpc) is 3.14. The summed E-state index contributed by atoms with van der Waals surface area (Å²) in [4.78, 5) is 10.6. The number of hydrogen-bond donors (Lipinski definition) is 0. The number of allylic oxidation sites excluding steroid dienone is 2. The second-order valence-electron chi connectivity index (χ2n) is 8.36. The van der Waals surface area contributed by atoms with Crippen LogP contribution in [-0.4, -0.2) is 56.5 Å². The Morgan fingerprint density at radius 2 is 2.00 bits per heavy atom. The quantitative estimate of drug-likeness (QED) is 0.739. The minimum absolute atomic E-state index is 0.0447. The Balaban J connectivity index is 1.48. The molecule has 10 heteroatoms. The van der Waals surface area contributed by atoms with Crippen molar-refractivity contribution in [3.05, 3.63) is 29.4 Å². The molecule has 1 saturated carbocycles. The standard InChI is InChI=1S/C19H19N7O2S/c1-2-29(27,28)25-9-18(10-25,7-8-20)26-23-16-15-14-12(3-4-13(14)21-11-22-15)19(5-6-19)17(16)24-26/h3,11H,2,4-7,9-10H2,1H3. The van der Waals surface area contributed by atoms with Crippen LogP contribution in [0, 0.1) is 11.3 Å². The fraction of sp³-hybridized carbons (Fsp3) is 0.526. The molecule has 1 aliphatic heterocycles. The highest BCUT2D eigenvalue weighted by atomic mass is 32.2. The number of rotatable bonds is 4. The zero-order chi connectivity index (χ0) is 20.0. The predicted octanol–water partition coefficient (Wildman–Crippen LogP) is 0.994. The van der Waals surface area contributed by atoms with E-state index in [-0.39, 0.29) is 30.7 Å². The van der Waals surface area contributed by atoms with Crippen LogP contribution in [0.4, 0.5) is 0 Å². The first-order valence-electron chi connectivity index (χ1n) is 9.82. The van der Waals surface area contributed by atoms with Crippen molar-refractivity contribution in [1.82, 2.24) is 29.3 Å². The number of nitriles is 1. The van der Waals surface area contributed by atoms with Gasteiger partial charge in [-0.25, -0.2) is 18.4 Å². The number of nitrogens with zero attached hydrogens (tertiary/aromatic N) is 7. The first-order valence-corrected chi connectivity index (χ1v) is 11.4. The molecule has 0 unspecified atom stereocenters. The van der Waals surface area contributed by atoms with E-state index in [0.717, 1.165) is 47.6 Å². The van der Waals surface area contributed by atoms with Crippen LogP contribution in [0.25, 0.3) is 17.0 Å². The second-order valence-corrected chi connectivity index (χ2v) is 10.6. The van der Waals surface area contributed by atoms with Crippen molar-refractivity contribution in [1.29, 1.82) is 5.26 Å². The normalized spacial score (nSPS) is 22.4. The first-order chi connectivity index (χ1) is 13.9. The highest BCUT2D eigenvalue weighted by Gasteiger charge is 2.58. The molecule has 0 radical (unpaired) electrons. The van der Waals surface area contributed by atoms with Gasteiger partial charge >= 0.3 is 0 Å². The predicted molar refractivity (Wildman–Crippen MR) is 103 cm³/mol. The molecule has 6 rings (SSSR count). The van der Waals surface area contributed by atoms with Crippen molar-refractivity contribution in [2.45, 2.75) is 43.6 Å². The molecule has 1 spiro atoms. The maximum atomic E-state index is 12.2. The summed E-state index contributed by atoms with van der Waals surface area (Å²) in [5.41, 5.74) is 5.03. The number of aromatic nitrogens is 5. The summed E-state index contributed by atoms with van der Waals surface area (Å²) in [5, 5.41) is 19.1. The average molecular weight is 409 g/mol. The maximum absolute atomic E-state index is 12.2. The molecule has 3 heterocycles. The molecule has 3 aliphatic carbocycles. The van der Waals surface area contributed by atoms with Gasteiger partial charge in [-0.15, -0.1) is 0 Å². The molecular formula is C19H19N7O2S. The summed E-state index contributed by atoms with van der Waals surface area (Å²) in [5.74, 6) is 0.0447. The molecule has 29 heavy (non-hydrogen) atoms. The molecule has 0 aromatic carbocycles.